The first-order valence-corrected chi connectivity index (χ1v) is 14.3. The molecule has 0 saturated carbocycles. The molecule has 2 aromatic carbocycles. The van der Waals surface area contributed by atoms with Crippen LogP contribution in [0.3, 0.4) is 0 Å². The second kappa shape index (κ2) is 15.5. The molecule has 0 fully saturated rings. The SMILES string of the molecule is Cc1nc(C(N)=O)c(-c2cccc(C=O)c2)o1.Cc1nc(C(N)=O)c(-c2cccc(CN(C)C)c2)o1.Cc1nc(C(N)=O)c(Br)o1. The minimum absolute atomic E-state index is 0.0746. The normalized spacial score (nSPS) is 10.4. The lowest BCUT2D eigenvalue weighted by atomic mass is 10.1. The molecule has 15 heteroatoms. The molecular weight excluding hydrogens is 662 g/mol. The van der Waals surface area contributed by atoms with Crippen molar-refractivity contribution in [3.8, 4) is 22.6 Å². The Hall–Kier alpha value is -5.41. The Morgan fingerprint density at radius 2 is 1.20 bits per heavy atom. The summed E-state index contributed by atoms with van der Waals surface area (Å²) < 4.78 is 16.0. The van der Waals surface area contributed by atoms with Gasteiger partial charge in [-0.1, -0.05) is 36.4 Å². The van der Waals surface area contributed by atoms with E-state index in [4.69, 9.17) is 30.5 Å². The van der Waals surface area contributed by atoms with Crippen LogP contribution >= 0.6 is 15.9 Å². The standard InChI is InChI=1S/C14H17N3O2.C12H10N2O3.C5H5BrN2O2/c1-9-16-12(14(15)18)13(19-9)11-6-4-5-10(7-11)8-17(2)3;1-7-14-10(12(13)16)11(17-7)9-4-2-3-8(5-9)6-15;1-2-8-3(5(7)9)4(6)10-2/h4-7H,8H2,1-3H3,(H2,15,18);2-6H,1H3,(H2,13,16);1H3,(H2,7,9). The smallest absolute Gasteiger partial charge is 0.271 e. The molecular formula is C31H32BrN7O7. The molecule has 5 rings (SSSR count). The number of hydrogen-bond acceptors (Lipinski definition) is 11. The van der Waals surface area contributed by atoms with Crippen molar-refractivity contribution >= 4 is 39.9 Å². The average Bonchev–Trinajstić information content (AvgIpc) is 3.69. The van der Waals surface area contributed by atoms with Crippen LogP contribution in [0.25, 0.3) is 22.6 Å². The maximum absolute atomic E-state index is 11.4. The van der Waals surface area contributed by atoms with Gasteiger partial charge in [0.25, 0.3) is 17.7 Å². The van der Waals surface area contributed by atoms with E-state index in [9.17, 15) is 19.2 Å². The number of hydrogen-bond donors (Lipinski definition) is 3. The molecule has 0 aliphatic heterocycles. The van der Waals surface area contributed by atoms with Gasteiger partial charge in [-0.05, 0) is 47.7 Å². The highest BCUT2D eigenvalue weighted by Gasteiger charge is 2.19. The van der Waals surface area contributed by atoms with E-state index < -0.39 is 17.7 Å². The number of aldehydes is 1. The predicted molar refractivity (Wildman–Crippen MR) is 171 cm³/mol. The number of benzene rings is 2. The molecule has 3 aromatic heterocycles. The Kier molecular flexibility index (Phi) is 11.9. The third kappa shape index (κ3) is 9.30. The number of nitrogens with two attached hydrogens (primary N) is 3. The van der Waals surface area contributed by atoms with Crippen molar-refractivity contribution in [1.82, 2.24) is 19.9 Å². The fourth-order valence-corrected chi connectivity index (χ4v) is 4.58. The Morgan fingerprint density at radius 3 is 1.61 bits per heavy atom. The minimum Gasteiger partial charge on any atom is -0.440 e. The van der Waals surface area contributed by atoms with Gasteiger partial charge >= 0.3 is 0 Å². The number of rotatable bonds is 8. The van der Waals surface area contributed by atoms with Crippen LogP contribution in [0.5, 0.6) is 0 Å². The van der Waals surface area contributed by atoms with E-state index >= 15 is 0 Å². The van der Waals surface area contributed by atoms with Gasteiger partial charge < -0.3 is 35.4 Å². The summed E-state index contributed by atoms with van der Waals surface area (Å²) in [6, 6.07) is 14.5. The predicted octanol–water partition coefficient (Wildman–Crippen LogP) is 4.22. The van der Waals surface area contributed by atoms with Crippen LogP contribution in [-0.2, 0) is 6.54 Å². The Labute approximate surface area is 272 Å². The van der Waals surface area contributed by atoms with Crippen LogP contribution in [0.4, 0.5) is 0 Å². The molecule has 0 atom stereocenters. The van der Waals surface area contributed by atoms with E-state index in [-0.39, 0.29) is 21.8 Å². The zero-order valence-electron chi connectivity index (χ0n) is 25.7. The summed E-state index contributed by atoms with van der Waals surface area (Å²) in [4.78, 5) is 57.5. The Balaban J connectivity index is 0.000000197. The van der Waals surface area contributed by atoms with Crippen molar-refractivity contribution in [2.24, 2.45) is 17.2 Å². The van der Waals surface area contributed by atoms with Crippen molar-refractivity contribution in [3.63, 3.8) is 0 Å². The van der Waals surface area contributed by atoms with Crippen molar-refractivity contribution in [1.29, 1.82) is 0 Å². The van der Waals surface area contributed by atoms with Gasteiger partial charge in [0.15, 0.2) is 46.3 Å². The highest BCUT2D eigenvalue weighted by molar-refractivity contribution is 9.10. The molecule has 0 aliphatic carbocycles. The van der Waals surface area contributed by atoms with Crippen LogP contribution < -0.4 is 17.2 Å². The van der Waals surface area contributed by atoms with Crippen LogP contribution in [0.1, 0.15) is 65.1 Å². The lowest BCUT2D eigenvalue weighted by Gasteiger charge is -2.10. The van der Waals surface area contributed by atoms with Crippen molar-refractivity contribution in [3.05, 3.63) is 99.1 Å². The zero-order chi connectivity index (χ0) is 34.1. The molecule has 14 nitrogen and oxygen atoms in total. The van der Waals surface area contributed by atoms with Gasteiger partial charge in [-0.25, -0.2) is 15.0 Å². The van der Waals surface area contributed by atoms with E-state index in [0.717, 1.165) is 24.0 Å². The van der Waals surface area contributed by atoms with Crippen molar-refractivity contribution < 1.29 is 32.4 Å². The number of amides is 3. The maximum atomic E-state index is 11.4. The van der Waals surface area contributed by atoms with E-state index in [1.807, 2.05) is 38.4 Å². The molecule has 0 bridgehead atoms. The van der Waals surface area contributed by atoms with Crippen LogP contribution in [-0.4, -0.2) is 58.0 Å². The number of carbonyl (C=O) groups is 4. The van der Waals surface area contributed by atoms with Gasteiger partial charge in [-0.2, -0.15) is 0 Å². The van der Waals surface area contributed by atoms with E-state index in [1.165, 1.54) is 0 Å². The molecule has 0 saturated heterocycles. The number of carbonyl (C=O) groups excluding carboxylic acids is 4. The molecule has 3 heterocycles. The van der Waals surface area contributed by atoms with Gasteiger partial charge in [-0.3, -0.25) is 19.2 Å². The van der Waals surface area contributed by atoms with Gasteiger partial charge in [0.05, 0.1) is 0 Å². The molecule has 240 valence electrons. The Morgan fingerprint density at radius 1 is 0.739 bits per heavy atom. The first-order chi connectivity index (χ1) is 21.7. The van der Waals surface area contributed by atoms with Gasteiger partial charge in [0.1, 0.15) is 6.29 Å². The monoisotopic (exact) mass is 693 g/mol. The van der Waals surface area contributed by atoms with E-state index in [1.54, 1.807) is 45.0 Å². The van der Waals surface area contributed by atoms with Crippen LogP contribution in [0, 0.1) is 20.8 Å². The summed E-state index contributed by atoms with van der Waals surface area (Å²) in [5.41, 5.74) is 18.9. The highest BCUT2D eigenvalue weighted by Crippen LogP contribution is 2.26. The Bertz CT molecular complexity index is 1870. The second-order valence-electron chi connectivity index (χ2n) is 9.95. The first kappa shape index (κ1) is 35.1. The summed E-state index contributed by atoms with van der Waals surface area (Å²) in [5.74, 6) is 0.0963. The minimum atomic E-state index is -0.659. The fourth-order valence-electron chi connectivity index (χ4n) is 4.06. The molecule has 0 unspecified atom stereocenters. The molecule has 3 amide bonds. The molecule has 0 aliphatic rings. The number of primary amides is 3. The quantitative estimate of drug-likeness (QED) is 0.195. The third-order valence-electron chi connectivity index (χ3n) is 5.83. The highest BCUT2D eigenvalue weighted by atomic mass is 79.9. The van der Waals surface area contributed by atoms with Crippen molar-refractivity contribution in [2.45, 2.75) is 27.3 Å². The molecule has 6 N–H and O–H groups in total. The van der Waals surface area contributed by atoms with Gasteiger partial charge in [0.2, 0.25) is 4.67 Å². The number of nitrogens with zero attached hydrogens (tertiary/aromatic N) is 4. The largest absolute Gasteiger partial charge is 0.440 e. The molecule has 0 spiro atoms. The topological polar surface area (TPSA) is 228 Å². The molecule has 0 radical (unpaired) electrons. The summed E-state index contributed by atoms with van der Waals surface area (Å²) >= 11 is 2.99. The number of aryl methyl sites for hydroxylation is 3. The lowest BCUT2D eigenvalue weighted by Crippen LogP contribution is -2.13. The summed E-state index contributed by atoms with van der Waals surface area (Å²) in [5, 5.41) is 0. The van der Waals surface area contributed by atoms with Gasteiger partial charge in [0, 0.05) is 44.0 Å². The summed E-state index contributed by atoms with van der Waals surface area (Å²) in [6.07, 6.45) is 0.719. The van der Waals surface area contributed by atoms with Crippen molar-refractivity contribution in [2.75, 3.05) is 14.1 Å². The number of oxazole rings is 3. The number of halogens is 1. The van der Waals surface area contributed by atoms with Crippen LogP contribution in [0.15, 0.2) is 66.5 Å². The summed E-state index contributed by atoms with van der Waals surface area (Å²) in [7, 11) is 4.00. The fraction of sp³-hybridized carbons (Fsp3) is 0.194. The molecule has 46 heavy (non-hydrogen) atoms. The average molecular weight is 695 g/mol. The summed E-state index contributed by atoms with van der Waals surface area (Å²) in [6.45, 7) is 5.77. The van der Waals surface area contributed by atoms with Crippen LogP contribution in [0.2, 0.25) is 0 Å². The van der Waals surface area contributed by atoms with E-state index in [2.05, 4.69) is 35.8 Å². The molecule has 5 aromatic rings. The lowest BCUT2D eigenvalue weighted by molar-refractivity contribution is 0.0986. The zero-order valence-corrected chi connectivity index (χ0v) is 27.2. The third-order valence-corrected chi connectivity index (χ3v) is 6.37. The first-order valence-electron chi connectivity index (χ1n) is 13.5. The van der Waals surface area contributed by atoms with E-state index in [0.29, 0.717) is 40.3 Å². The van der Waals surface area contributed by atoms with Gasteiger partial charge in [-0.15, -0.1) is 0 Å². The second-order valence-corrected chi connectivity index (χ2v) is 10.7. The maximum Gasteiger partial charge on any atom is 0.271 e. The number of aromatic nitrogens is 3.